The molecule has 0 bridgehead atoms. The predicted molar refractivity (Wildman–Crippen MR) is 118 cm³/mol. The highest BCUT2D eigenvalue weighted by Crippen LogP contribution is 2.48. The Kier molecular flexibility index (Phi) is 4.43. The third-order valence-electron chi connectivity index (χ3n) is 7.37. The van der Waals surface area contributed by atoms with E-state index >= 15 is 0 Å². The van der Waals surface area contributed by atoms with E-state index in [2.05, 4.69) is 21.4 Å². The molecule has 2 aliphatic heterocycles. The van der Waals surface area contributed by atoms with Crippen LogP contribution in [0.4, 0.5) is 20.5 Å². The van der Waals surface area contributed by atoms with E-state index in [1.54, 1.807) is 0 Å². The largest absolute Gasteiger partial charge is 0.394 e. The van der Waals surface area contributed by atoms with Crippen molar-refractivity contribution in [2.45, 2.75) is 48.5 Å². The van der Waals surface area contributed by atoms with Crippen molar-refractivity contribution < 1.29 is 18.1 Å². The third-order valence-corrected chi connectivity index (χ3v) is 9.07. The number of halogens is 3. The van der Waals surface area contributed by atoms with Gasteiger partial charge in [-0.05, 0) is 55.4 Å². The van der Waals surface area contributed by atoms with E-state index in [9.17, 15) is 18.1 Å². The van der Waals surface area contributed by atoms with Gasteiger partial charge < -0.3 is 15.3 Å². The smallest absolute Gasteiger partial charge is 0.302 e. The summed E-state index contributed by atoms with van der Waals surface area (Å²) in [7, 11) is -1.89. The molecule has 2 aliphatic carbocycles. The van der Waals surface area contributed by atoms with Crippen LogP contribution in [0.1, 0.15) is 36.1 Å². The van der Waals surface area contributed by atoms with Gasteiger partial charge in [-0.3, -0.25) is 4.21 Å². The quantitative estimate of drug-likeness (QED) is 0.699. The van der Waals surface area contributed by atoms with Gasteiger partial charge in [-0.15, -0.1) is 0 Å². The third kappa shape index (κ3) is 3.08. The fourth-order valence-corrected chi connectivity index (χ4v) is 7.07. The maximum atomic E-state index is 14.7. The predicted octanol–water partition coefficient (Wildman–Crippen LogP) is 3.28. The van der Waals surface area contributed by atoms with Crippen LogP contribution in [-0.2, 0) is 29.6 Å². The van der Waals surface area contributed by atoms with Gasteiger partial charge in [0.15, 0.2) is 0 Å². The number of aromatic nitrogens is 2. The minimum absolute atomic E-state index is 0.0170. The number of fused-ring (bicyclic) bond motifs is 2. The van der Waals surface area contributed by atoms with Gasteiger partial charge in [0.25, 0.3) is 0 Å². The summed E-state index contributed by atoms with van der Waals surface area (Å²) in [4.78, 5) is 10.7. The molecule has 0 amide bonds. The average Bonchev–Trinajstić information content (AvgIpc) is 3.17. The molecule has 1 aromatic carbocycles. The van der Waals surface area contributed by atoms with Crippen LogP contribution in [0.3, 0.4) is 0 Å². The van der Waals surface area contributed by atoms with Gasteiger partial charge in [0.1, 0.15) is 16.4 Å². The Hall–Kier alpha value is -1.84. The molecule has 0 radical (unpaired) electrons. The number of nitrogens with one attached hydrogen (secondary N) is 1. The maximum Gasteiger partial charge on any atom is 0.302 e. The molecule has 4 aliphatic rings. The lowest BCUT2D eigenvalue weighted by Gasteiger charge is -2.48. The summed E-state index contributed by atoms with van der Waals surface area (Å²) in [6.07, 6.45) is 4.18. The number of alkyl halides is 2. The minimum Gasteiger partial charge on any atom is -0.394 e. The van der Waals surface area contributed by atoms with Crippen molar-refractivity contribution in [3.05, 3.63) is 40.0 Å². The van der Waals surface area contributed by atoms with Crippen LogP contribution >= 0.6 is 11.6 Å². The lowest BCUT2D eigenvalue weighted by molar-refractivity contribution is 0.0190. The van der Waals surface area contributed by atoms with Gasteiger partial charge in [0.05, 0.1) is 28.7 Å². The molecule has 1 unspecified atom stereocenters. The molecule has 1 aromatic heterocycles. The standard InChI is InChI=1S/C22H23ClF2N4O2S/c23-15-3-2-13-7-20(8-14(13)6-15)9-29(10-20)19-26-17-16(32(31)12-22(17,24)25)18(27-19)28-21(11-30)4-1-5-21/h2-3,6,30H,1,4-5,7-12H2,(H,26,27,28). The van der Waals surface area contributed by atoms with Gasteiger partial charge in [-0.1, -0.05) is 17.7 Å². The fourth-order valence-electron chi connectivity index (χ4n) is 5.54. The molecular weight excluding hydrogens is 458 g/mol. The summed E-state index contributed by atoms with van der Waals surface area (Å²) in [5, 5.41) is 13.7. The van der Waals surface area contributed by atoms with Crippen LogP contribution in [-0.4, -0.2) is 50.3 Å². The summed E-state index contributed by atoms with van der Waals surface area (Å²) < 4.78 is 41.9. The Labute approximate surface area is 191 Å². The van der Waals surface area contributed by atoms with Gasteiger partial charge in [0, 0.05) is 23.5 Å². The summed E-state index contributed by atoms with van der Waals surface area (Å²) in [5.74, 6) is -3.63. The van der Waals surface area contributed by atoms with E-state index in [-0.39, 0.29) is 28.7 Å². The van der Waals surface area contributed by atoms with Crippen molar-refractivity contribution in [3.63, 3.8) is 0 Å². The number of aliphatic hydroxyl groups excluding tert-OH is 1. The second kappa shape index (κ2) is 6.84. The van der Waals surface area contributed by atoms with Crippen molar-refractivity contribution in [1.82, 2.24) is 9.97 Å². The first-order valence-electron chi connectivity index (χ1n) is 10.8. The van der Waals surface area contributed by atoms with Gasteiger partial charge >= 0.3 is 5.92 Å². The molecule has 1 atom stereocenters. The normalized spacial score (nSPS) is 25.8. The Morgan fingerprint density at radius 2 is 1.94 bits per heavy atom. The zero-order valence-corrected chi connectivity index (χ0v) is 18.9. The molecule has 3 heterocycles. The summed E-state index contributed by atoms with van der Waals surface area (Å²) in [6.45, 7) is 1.20. The Morgan fingerprint density at radius 1 is 1.19 bits per heavy atom. The van der Waals surface area contributed by atoms with Crippen LogP contribution in [0.2, 0.25) is 5.02 Å². The molecule has 2 aromatic rings. The summed E-state index contributed by atoms with van der Waals surface area (Å²) in [6, 6.07) is 5.97. The van der Waals surface area contributed by atoms with Crippen LogP contribution < -0.4 is 10.2 Å². The van der Waals surface area contributed by atoms with Crippen LogP contribution in [0.5, 0.6) is 0 Å². The summed E-state index contributed by atoms with van der Waals surface area (Å²) >= 11 is 6.14. The fraction of sp³-hybridized carbons (Fsp3) is 0.545. The molecule has 1 spiro atoms. The van der Waals surface area contributed by atoms with E-state index in [1.807, 2.05) is 17.0 Å². The monoisotopic (exact) mass is 480 g/mol. The lowest BCUT2D eigenvalue weighted by Crippen LogP contribution is -2.58. The maximum absolute atomic E-state index is 14.7. The zero-order valence-electron chi connectivity index (χ0n) is 17.3. The van der Waals surface area contributed by atoms with E-state index in [0.717, 1.165) is 24.3 Å². The second-order valence-corrected chi connectivity index (χ2v) is 11.6. The van der Waals surface area contributed by atoms with Crippen molar-refractivity contribution in [2.75, 3.05) is 35.7 Å². The molecule has 32 heavy (non-hydrogen) atoms. The zero-order chi connectivity index (χ0) is 22.3. The highest BCUT2D eigenvalue weighted by Gasteiger charge is 2.52. The molecule has 2 fully saturated rings. The highest BCUT2D eigenvalue weighted by atomic mass is 35.5. The van der Waals surface area contributed by atoms with Crippen molar-refractivity contribution in [1.29, 1.82) is 0 Å². The second-order valence-electron chi connectivity index (χ2n) is 9.78. The number of benzene rings is 1. The Morgan fingerprint density at radius 3 is 2.62 bits per heavy atom. The minimum atomic E-state index is -3.26. The van der Waals surface area contributed by atoms with Crippen LogP contribution in [0, 0.1) is 5.41 Å². The number of nitrogens with zero attached hydrogens (tertiary/aromatic N) is 3. The Balaban J connectivity index is 1.31. The number of rotatable bonds is 4. The molecule has 1 saturated carbocycles. The number of hydrogen-bond donors (Lipinski definition) is 2. The first-order valence-corrected chi connectivity index (χ1v) is 12.5. The van der Waals surface area contributed by atoms with Crippen LogP contribution in [0.25, 0.3) is 0 Å². The van der Waals surface area contributed by atoms with Crippen molar-refractivity contribution >= 4 is 34.2 Å². The number of hydrogen-bond acceptors (Lipinski definition) is 6. The molecule has 6 nitrogen and oxygen atoms in total. The van der Waals surface area contributed by atoms with Gasteiger partial charge in [-0.25, -0.2) is 4.98 Å². The van der Waals surface area contributed by atoms with E-state index in [4.69, 9.17) is 11.6 Å². The van der Waals surface area contributed by atoms with Gasteiger partial charge in [-0.2, -0.15) is 13.8 Å². The SMILES string of the molecule is O=S1CC(F)(F)c2nc(N3CC4(Cc5ccc(Cl)cc5C4)C3)nc(NC3(CO)CCC3)c21. The first kappa shape index (κ1) is 20.7. The first-order chi connectivity index (χ1) is 15.2. The Bertz CT molecular complexity index is 1150. The van der Waals surface area contributed by atoms with Crippen LogP contribution in [0.15, 0.2) is 23.1 Å². The lowest BCUT2D eigenvalue weighted by atomic mass is 9.77. The van der Waals surface area contributed by atoms with Crippen molar-refractivity contribution in [3.8, 4) is 0 Å². The average molecular weight is 481 g/mol. The van der Waals surface area contributed by atoms with E-state index in [0.29, 0.717) is 25.9 Å². The molecule has 6 rings (SSSR count). The summed E-state index contributed by atoms with van der Waals surface area (Å²) in [5.41, 5.74) is 1.52. The molecule has 10 heteroatoms. The molecule has 170 valence electrons. The molecular formula is C22H23ClF2N4O2S. The number of anilines is 2. The van der Waals surface area contributed by atoms with Crippen molar-refractivity contribution in [2.24, 2.45) is 5.41 Å². The molecule has 1 saturated heterocycles. The highest BCUT2D eigenvalue weighted by molar-refractivity contribution is 7.85. The van der Waals surface area contributed by atoms with E-state index in [1.165, 1.54) is 11.1 Å². The number of aliphatic hydroxyl groups is 1. The topological polar surface area (TPSA) is 78.4 Å². The van der Waals surface area contributed by atoms with Gasteiger partial charge in [0.2, 0.25) is 5.95 Å². The molecule has 2 N–H and O–H groups in total. The van der Waals surface area contributed by atoms with E-state index < -0.39 is 33.7 Å².